The Morgan fingerprint density at radius 1 is 1.16 bits per heavy atom. The van der Waals surface area contributed by atoms with Crippen molar-refractivity contribution < 1.29 is 9.53 Å². The Morgan fingerprint density at radius 3 is 2.60 bits per heavy atom. The molecular formula is C19H26N4O2. The maximum Gasteiger partial charge on any atom is 0.270 e. The summed E-state index contributed by atoms with van der Waals surface area (Å²) in [4.78, 5) is 20.8. The van der Waals surface area contributed by atoms with Crippen molar-refractivity contribution >= 4 is 11.7 Å². The maximum absolute atomic E-state index is 12.2. The molecule has 2 N–H and O–H groups in total. The number of nitrogens with one attached hydrogen (secondary N) is 2. The SMILES string of the molecule is CCCCCNC(=O)c1cc(NCc2ccc(OC)cc2)nc(C)n1. The lowest BCUT2D eigenvalue weighted by molar-refractivity contribution is 0.0947. The number of aromatic nitrogens is 2. The van der Waals surface area contributed by atoms with Crippen LogP contribution in [0.2, 0.25) is 0 Å². The fourth-order valence-corrected chi connectivity index (χ4v) is 2.38. The molecule has 0 aliphatic rings. The number of benzene rings is 1. The van der Waals surface area contributed by atoms with Crippen LogP contribution in [0.3, 0.4) is 0 Å². The van der Waals surface area contributed by atoms with E-state index < -0.39 is 0 Å². The van der Waals surface area contributed by atoms with Gasteiger partial charge in [0.2, 0.25) is 0 Å². The summed E-state index contributed by atoms with van der Waals surface area (Å²) in [5.41, 5.74) is 1.49. The standard InChI is InChI=1S/C19H26N4O2/c1-4-5-6-11-20-19(24)17-12-18(23-14(2)22-17)21-13-15-7-9-16(25-3)10-8-15/h7-10,12H,4-6,11,13H2,1-3H3,(H,20,24)(H,21,22,23). The molecule has 1 amide bonds. The third-order valence-corrected chi connectivity index (χ3v) is 3.77. The highest BCUT2D eigenvalue weighted by atomic mass is 16.5. The fraction of sp³-hybridized carbons (Fsp3) is 0.421. The van der Waals surface area contributed by atoms with Crippen molar-refractivity contribution in [3.63, 3.8) is 0 Å². The number of ether oxygens (including phenoxy) is 1. The van der Waals surface area contributed by atoms with Gasteiger partial charge in [-0.2, -0.15) is 0 Å². The Labute approximate surface area is 149 Å². The molecule has 0 aliphatic carbocycles. The first-order valence-electron chi connectivity index (χ1n) is 8.63. The van der Waals surface area contributed by atoms with Crippen molar-refractivity contribution in [3.05, 3.63) is 47.4 Å². The van der Waals surface area contributed by atoms with Crippen LogP contribution in [0, 0.1) is 6.92 Å². The first-order chi connectivity index (χ1) is 12.1. The number of rotatable bonds is 9. The van der Waals surface area contributed by atoms with E-state index in [2.05, 4.69) is 27.5 Å². The monoisotopic (exact) mass is 342 g/mol. The highest BCUT2D eigenvalue weighted by molar-refractivity contribution is 5.92. The van der Waals surface area contributed by atoms with Gasteiger partial charge in [-0.25, -0.2) is 9.97 Å². The molecule has 0 saturated carbocycles. The summed E-state index contributed by atoms with van der Waals surface area (Å²) >= 11 is 0. The molecule has 25 heavy (non-hydrogen) atoms. The average molecular weight is 342 g/mol. The van der Waals surface area contributed by atoms with Gasteiger partial charge in [0.05, 0.1) is 7.11 Å². The van der Waals surface area contributed by atoms with Crippen LogP contribution in [0.5, 0.6) is 5.75 Å². The van der Waals surface area contributed by atoms with E-state index in [4.69, 9.17) is 4.74 Å². The minimum atomic E-state index is -0.158. The quantitative estimate of drug-likeness (QED) is 0.684. The summed E-state index contributed by atoms with van der Waals surface area (Å²) in [6, 6.07) is 9.49. The van der Waals surface area contributed by atoms with Crippen LogP contribution in [0.25, 0.3) is 0 Å². The van der Waals surface area contributed by atoms with Gasteiger partial charge < -0.3 is 15.4 Å². The third-order valence-electron chi connectivity index (χ3n) is 3.77. The van der Waals surface area contributed by atoms with Crippen molar-refractivity contribution in [2.45, 2.75) is 39.7 Å². The molecule has 0 bridgehead atoms. The van der Waals surface area contributed by atoms with Gasteiger partial charge in [-0.1, -0.05) is 31.9 Å². The van der Waals surface area contributed by atoms with E-state index in [1.54, 1.807) is 20.1 Å². The molecular weight excluding hydrogens is 316 g/mol. The Morgan fingerprint density at radius 2 is 1.92 bits per heavy atom. The second-order valence-corrected chi connectivity index (χ2v) is 5.85. The highest BCUT2D eigenvalue weighted by Crippen LogP contribution is 2.13. The molecule has 1 heterocycles. The van der Waals surface area contributed by atoms with Crippen molar-refractivity contribution in [2.24, 2.45) is 0 Å². The number of hydrogen-bond acceptors (Lipinski definition) is 5. The lowest BCUT2D eigenvalue weighted by Crippen LogP contribution is -2.26. The molecule has 134 valence electrons. The van der Waals surface area contributed by atoms with E-state index in [9.17, 15) is 4.79 Å². The second-order valence-electron chi connectivity index (χ2n) is 5.85. The number of amides is 1. The van der Waals surface area contributed by atoms with E-state index in [-0.39, 0.29) is 5.91 Å². The molecule has 6 nitrogen and oxygen atoms in total. The molecule has 0 spiro atoms. The molecule has 0 unspecified atom stereocenters. The van der Waals surface area contributed by atoms with Crippen LogP contribution in [0.1, 0.15) is 48.1 Å². The predicted octanol–water partition coefficient (Wildman–Crippen LogP) is 3.33. The molecule has 2 rings (SSSR count). The number of aryl methyl sites for hydroxylation is 1. The second kappa shape index (κ2) is 9.61. The largest absolute Gasteiger partial charge is 0.497 e. The van der Waals surface area contributed by atoms with Crippen LogP contribution in [0.4, 0.5) is 5.82 Å². The zero-order valence-corrected chi connectivity index (χ0v) is 15.1. The predicted molar refractivity (Wildman–Crippen MR) is 98.9 cm³/mol. The smallest absolute Gasteiger partial charge is 0.270 e. The van der Waals surface area contributed by atoms with Gasteiger partial charge in [0.15, 0.2) is 0 Å². The molecule has 0 aliphatic heterocycles. The minimum Gasteiger partial charge on any atom is -0.497 e. The van der Waals surface area contributed by atoms with E-state index in [0.29, 0.717) is 30.4 Å². The topological polar surface area (TPSA) is 76.1 Å². The number of carbonyl (C=O) groups excluding carboxylic acids is 1. The Bertz CT molecular complexity index is 686. The Hall–Kier alpha value is -2.63. The molecule has 6 heteroatoms. The summed E-state index contributed by atoms with van der Waals surface area (Å²) in [6.45, 7) is 5.20. The number of nitrogens with zero attached hydrogens (tertiary/aromatic N) is 2. The van der Waals surface area contributed by atoms with Crippen molar-refractivity contribution in [3.8, 4) is 5.75 Å². The number of hydrogen-bond donors (Lipinski definition) is 2. The number of methoxy groups -OCH3 is 1. The number of unbranched alkanes of at least 4 members (excludes halogenated alkanes) is 2. The van der Waals surface area contributed by atoms with Gasteiger partial charge in [0.25, 0.3) is 5.91 Å². The van der Waals surface area contributed by atoms with Crippen molar-refractivity contribution in [1.29, 1.82) is 0 Å². The van der Waals surface area contributed by atoms with Gasteiger partial charge in [-0.05, 0) is 31.0 Å². The molecule has 0 fully saturated rings. The maximum atomic E-state index is 12.2. The van der Waals surface area contributed by atoms with E-state index in [1.807, 2.05) is 24.3 Å². The zero-order valence-electron chi connectivity index (χ0n) is 15.1. The van der Waals surface area contributed by atoms with E-state index in [0.717, 1.165) is 30.6 Å². The Kier molecular flexibility index (Phi) is 7.19. The van der Waals surface area contributed by atoms with Crippen LogP contribution in [0.15, 0.2) is 30.3 Å². The van der Waals surface area contributed by atoms with E-state index >= 15 is 0 Å². The lowest BCUT2D eigenvalue weighted by Gasteiger charge is -2.09. The molecule has 0 atom stereocenters. The van der Waals surface area contributed by atoms with Gasteiger partial charge in [0.1, 0.15) is 23.1 Å². The molecule has 1 aromatic heterocycles. The Balaban J connectivity index is 1.96. The van der Waals surface area contributed by atoms with Crippen LogP contribution in [-0.4, -0.2) is 29.5 Å². The summed E-state index contributed by atoms with van der Waals surface area (Å²) in [7, 11) is 1.64. The first-order valence-corrected chi connectivity index (χ1v) is 8.63. The summed E-state index contributed by atoms with van der Waals surface area (Å²) in [6.07, 6.45) is 3.22. The zero-order chi connectivity index (χ0) is 18.1. The molecule has 0 radical (unpaired) electrons. The van der Waals surface area contributed by atoms with Crippen molar-refractivity contribution in [1.82, 2.24) is 15.3 Å². The third kappa shape index (κ3) is 6.06. The number of anilines is 1. The molecule has 1 aromatic carbocycles. The fourth-order valence-electron chi connectivity index (χ4n) is 2.38. The van der Waals surface area contributed by atoms with Gasteiger partial charge >= 0.3 is 0 Å². The summed E-state index contributed by atoms with van der Waals surface area (Å²) in [5.74, 6) is 1.87. The summed E-state index contributed by atoms with van der Waals surface area (Å²) in [5, 5.41) is 6.14. The average Bonchev–Trinajstić information content (AvgIpc) is 2.63. The highest BCUT2D eigenvalue weighted by Gasteiger charge is 2.10. The summed E-state index contributed by atoms with van der Waals surface area (Å²) < 4.78 is 5.15. The van der Waals surface area contributed by atoms with E-state index in [1.165, 1.54) is 0 Å². The van der Waals surface area contributed by atoms with Gasteiger partial charge in [0, 0.05) is 19.2 Å². The first kappa shape index (κ1) is 18.7. The normalized spacial score (nSPS) is 10.4. The van der Waals surface area contributed by atoms with Gasteiger partial charge in [-0.3, -0.25) is 4.79 Å². The van der Waals surface area contributed by atoms with Gasteiger partial charge in [-0.15, -0.1) is 0 Å². The lowest BCUT2D eigenvalue weighted by atomic mass is 10.2. The van der Waals surface area contributed by atoms with Crippen LogP contribution < -0.4 is 15.4 Å². The van der Waals surface area contributed by atoms with Crippen LogP contribution in [-0.2, 0) is 6.54 Å². The number of carbonyl (C=O) groups is 1. The molecule has 2 aromatic rings. The van der Waals surface area contributed by atoms with Crippen molar-refractivity contribution in [2.75, 3.05) is 19.0 Å². The minimum absolute atomic E-state index is 0.158. The van der Waals surface area contributed by atoms with Crippen LogP contribution >= 0.6 is 0 Å². The molecule has 0 saturated heterocycles.